The Kier molecular flexibility index (Phi) is 9.36. The van der Waals surface area contributed by atoms with Crippen LogP contribution in [0.5, 0.6) is 11.5 Å². The number of anilines is 2. The number of aliphatic imine (C=N–C) groups is 1. The van der Waals surface area contributed by atoms with Crippen LogP contribution in [0.2, 0.25) is 0 Å². The van der Waals surface area contributed by atoms with E-state index in [-0.39, 0.29) is 33.0 Å². The zero-order valence-corrected chi connectivity index (χ0v) is 33.0. The van der Waals surface area contributed by atoms with Crippen LogP contribution in [0, 0.1) is 17.0 Å². The van der Waals surface area contributed by atoms with Crippen molar-refractivity contribution >= 4 is 54.6 Å². The molecule has 2 aliphatic rings. The molecule has 1 amide bonds. The maximum absolute atomic E-state index is 13.8. The minimum absolute atomic E-state index is 0.0209. The summed E-state index contributed by atoms with van der Waals surface area (Å²) < 4.78 is 66.4. The fraction of sp³-hybridized carbons (Fsp3) is 0.146. The van der Waals surface area contributed by atoms with Crippen molar-refractivity contribution in [2.24, 2.45) is 4.99 Å². The summed E-state index contributed by atoms with van der Waals surface area (Å²) in [6.45, 7) is 5.86. The van der Waals surface area contributed by atoms with Crippen molar-refractivity contribution in [1.29, 1.82) is 0 Å². The monoisotopic (exact) mass is 818 g/mol. The molecule has 0 bridgehead atoms. The molecule has 15 nitrogen and oxygen atoms in total. The van der Waals surface area contributed by atoms with E-state index >= 15 is 0 Å². The zero-order valence-electron chi connectivity index (χ0n) is 31.4. The number of nitrogens with one attached hydrogen (secondary N) is 1. The first-order valence-electron chi connectivity index (χ1n) is 17.9. The van der Waals surface area contributed by atoms with Crippen molar-refractivity contribution in [3.05, 3.63) is 148 Å². The minimum atomic E-state index is -4.54. The molecule has 1 N–H and O–H groups in total. The predicted molar refractivity (Wildman–Crippen MR) is 215 cm³/mol. The van der Waals surface area contributed by atoms with Crippen LogP contribution in [-0.4, -0.2) is 50.4 Å². The molecule has 5 aromatic carbocycles. The van der Waals surface area contributed by atoms with Gasteiger partial charge in [-0.2, -0.15) is 13.5 Å². The van der Waals surface area contributed by atoms with E-state index in [0.29, 0.717) is 39.7 Å². The Bertz CT molecular complexity index is 2910. The number of carbonyl (C=O) groups is 1. The number of fused-ring (bicyclic) bond motifs is 4. The van der Waals surface area contributed by atoms with Crippen molar-refractivity contribution < 1.29 is 35.5 Å². The lowest BCUT2D eigenvalue weighted by atomic mass is 9.93. The second-order valence-corrected chi connectivity index (χ2v) is 17.3. The molecule has 0 saturated carbocycles. The number of aromatic nitrogens is 2. The SMILES string of the molecule is COc1cc([C@@H]2c3c(C)nn(-c4ccc(S(=O)(=O)c5ccc(C(C)C)cc5)cc4)c3N=C3C(=O)Nc4ccccc4N32)ccc1OS(=O)(=O)c1cccc([N+](=O)[O-])c1. The number of aryl methyl sites for hydroxylation is 1. The topological polar surface area (TPSA) is 192 Å². The first kappa shape index (κ1) is 38.0. The van der Waals surface area contributed by atoms with E-state index < -0.39 is 47.4 Å². The van der Waals surface area contributed by atoms with Gasteiger partial charge in [0.1, 0.15) is 4.90 Å². The molecule has 0 spiro atoms. The molecule has 1 atom stereocenters. The number of nitrogens with zero attached hydrogens (tertiary/aromatic N) is 5. The number of hydrogen-bond donors (Lipinski definition) is 1. The largest absolute Gasteiger partial charge is 0.493 e. The van der Waals surface area contributed by atoms with Gasteiger partial charge in [0.2, 0.25) is 15.7 Å². The van der Waals surface area contributed by atoms with Crippen molar-refractivity contribution in [2.45, 2.75) is 47.4 Å². The van der Waals surface area contributed by atoms with E-state index in [0.717, 1.165) is 11.6 Å². The van der Waals surface area contributed by atoms with Gasteiger partial charge < -0.3 is 19.1 Å². The van der Waals surface area contributed by atoms with Crippen LogP contribution in [0.1, 0.15) is 48.2 Å². The highest BCUT2D eigenvalue weighted by atomic mass is 32.2. The van der Waals surface area contributed by atoms with Gasteiger partial charge in [0.25, 0.3) is 11.6 Å². The number of amides is 1. The molecule has 0 fully saturated rings. The van der Waals surface area contributed by atoms with E-state index in [4.69, 9.17) is 19.0 Å². The quantitative estimate of drug-likeness (QED) is 0.0822. The van der Waals surface area contributed by atoms with Crippen LogP contribution in [0.3, 0.4) is 0 Å². The molecule has 3 heterocycles. The maximum Gasteiger partial charge on any atom is 0.339 e. The molecule has 2 aliphatic heterocycles. The van der Waals surface area contributed by atoms with E-state index in [1.165, 1.54) is 43.5 Å². The zero-order chi connectivity index (χ0) is 41.1. The number of nitro benzene ring substituents is 1. The van der Waals surface area contributed by atoms with Gasteiger partial charge in [0.05, 0.1) is 50.6 Å². The normalized spacial score (nSPS) is 14.8. The molecule has 1 aromatic heterocycles. The first-order chi connectivity index (χ1) is 27.7. The van der Waals surface area contributed by atoms with Crippen LogP contribution in [0.4, 0.5) is 22.9 Å². The second-order valence-electron chi connectivity index (χ2n) is 13.8. The van der Waals surface area contributed by atoms with Gasteiger partial charge in [-0.25, -0.2) is 18.1 Å². The van der Waals surface area contributed by atoms with Gasteiger partial charge in [-0.05, 0) is 90.7 Å². The average molecular weight is 819 g/mol. The van der Waals surface area contributed by atoms with Crippen molar-refractivity contribution in [3.63, 3.8) is 0 Å². The lowest BCUT2D eigenvalue weighted by Crippen LogP contribution is -2.48. The Balaban J connectivity index is 1.22. The predicted octanol–water partition coefficient (Wildman–Crippen LogP) is 7.41. The van der Waals surface area contributed by atoms with E-state index in [9.17, 15) is 31.7 Å². The van der Waals surface area contributed by atoms with Gasteiger partial charge in [-0.1, -0.05) is 50.2 Å². The second kappa shape index (κ2) is 14.3. The summed E-state index contributed by atoms with van der Waals surface area (Å²) in [5.41, 5.74) is 3.95. The Hall–Kier alpha value is -6.85. The Morgan fingerprint density at radius 2 is 1.52 bits per heavy atom. The van der Waals surface area contributed by atoms with Gasteiger partial charge in [-0.3, -0.25) is 14.9 Å². The molecule has 0 radical (unpaired) electrons. The number of nitro groups is 1. The van der Waals surface area contributed by atoms with E-state index in [1.54, 1.807) is 65.0 Å². The van der Waals surface area contributed by atoms with Crippen LogP contribution in [0.25, 0.3) is 5.69 Å². The third kappa shape index (κ3) is 6.53. The molecule has 17 heteroatoms. The Morgan fingerprint density at radius 3 is 2.19 bits per heavy atom. The van der Waals surface area contributed by atoms with Gasteiger partial charge in [0, 0.05) is 17.7 Å². The van der Waals surface area contributed by atoms with Crippen LogP contribution < -0.4 is 19.1 Å². The van der Waals surface area contributed by atoms with Gasteiger partial charge in [-0.15, -0.1) is 0 Å². The molecule has 58 heavy (non-hydrogen) atoms. The summed E-state index contributed by atoms with van der Waals surface area (Å²) in [5.74, 6) is -0.0344. The molecule has 0 saturated heterocycles. The van der Waals surface area contributed by atoms with Crippen molar-refractivity contribution in [2.75, 3.05) is 17.3 Å². The molecule has 8 rings (SSSR count). The molecule has 0 unspecified atom stereocenters. The van der Waals surface area contributed by atoms with Gasteiger partial charge >= 0.3 is 10.1 Å². The molecular weight excluding hydrogens is 785 g/mol. The van der Waals surface area contributed by atoms with Crippen molar-refractivity contribution in [1.82, 2.24) is 9.78 Å². The summed E-state index contributed by atoms with van der Waals surface area (Å²) in [6, 6.07) is 28.6. The summed E-state index contributed by atoms with van der Waals surface area (Å²) >= 11 is 0. The van der Waals surface area contributed by atoms with Crippen molar-refractivity contribution in [3.8, 4) is 17.2 Å². The number of carbonyl (C=O) groups excluding carboxylic acids is 1. The lowest BCUT2D eigenvalue weighted by Gasteiger charge is -2.40. The van der Waals surface area contributed by atoms with E-state index in [1.807, 2.05) is 38.1 Å². The number of amidine groups is 1. The number of non-ortho nitro benzene ring substituents is 1. The number of methoxy groups -OCH3 is 1. The first-order valence-corrected chi connectivity index (χ1v) is 20.8. The summed E-state index contributed by atoms with van der Waals surface area (Å²) in [7, 11) is -7.04. The Morgan fingerprint density at radius 1 is 0.828 bits per heavy atom. The summed E-state index contributed by atoms with van der Waals surface area (Å²) in [4.78, 5) is 30.9. The minimum Gasteiger partial charge on any atom is -0.493 e. The van der Waals surface area contributed by atoms with Crippen LogP contribution in [-0.2, 0) is 24.7 Å². The van der Waals surface area contributed by atoms with Crippen LogP contribution >= 0.6 is 0 Å². The molecule has 0 aliphatic carbocycles. The third-order valence-corrected chi connectivity index (χ3v) is 13.0. The molecular formula is C41H34N6O9S2. The summed E-state index contributed by atoms with van der Waals surface area (Å²) in [6.07, 6.45) is 0. The molecule has 294 valence electrons. The fourth-order valence-corrected chi connectivity index (χ4v) is 9.26. The summed E-state index contributed by atoms with van der Waals surface area (Å²) in [5, 5.41) is 19.1. The standard InChI is InChI=1S/C41H34N6O9S2/c1-24(2)26-12-17-30(18-13-26)57(51,52)31-19-15-28(16-20-31)46-39-37(25(3)44-46)38(45-34-11-6-5-10-33(34)42-41(48)40(45)43-39)27-14-21-35(36(22-27)55-4)56-58(53,54)32-9-7-8-29(23-32)47(49)50/h5-24,38H,1-4H3,(H,42,48)/t38-/m1/s1. The number of rotatable bonds is 10. The Labute approximate surface area is 333 Å². The maximum atomic E-state index is 13.8. The number of benzene rings is 5. The van der Waals surface area contributed by atoms with E-state index in [2.05, 4.69) is 5.32 Å². The third-order valence-electron chi connectivity index (χ3n) is 9.94. The highest BCUT2D eigenvalue weighted by molar-refractivity contribution is 7.91. The number of ether oxygens (including phenoxy) is 1. The number of para-hydroxylation sites is 2. The number of sulfone groups is 1. The fourth-order valence-electron chi connectivity index (χ4n) is 7.01. The lowest BCUT2D eigenvalue weighted by molar-refractivity contribution is -0.385. The number of hydrogen-bond acceptors (Lipinski definition) is 12. The smallest absolute Gasteiger partial charge is 0.339 e. The highest BCUT2D eigenvalue weighted by Crippen LogP contribution is 2.49. The average Bonchev–Trinajstić information content (AvgIpc) is 3.55. The highest BCUT2D eigenvalue weighted by Gasteiger charge is 2.43. The molecule has 6 aromatic rings. The van der Waals surface area contributed by atoms with Crippen LogP contribution in [0.15, 0.2) is 135 Å². The van der Waals surface area contributed by atoms with Gasteiger partial charge in [0.15, 0.2) is 17.3 Å².